The topological polar surface area (TPSA) is 76.6 Å². The van der Waals surface area contributed by atoms with E-state index in [-0.39, 0.29) is 11.5 Å². The molecule has 3 heterocycles. The summed E-state index contributed by atoms with van der Waals surface area (Å²) in [5.74, 6) is 1.47. The highest BCUT2D eigenvalue weighted by molar-refractivity contribution is 5.91. The van der Waals surface area contributed by atoms with Crippen molar-refractivity contribution in [1.29, 1.82) is 0 Å². The fourth-order valence-electron chi connectivity index (χ4n) is 4.14. The van der Waals surface area contributed by atoms with Crippen LogP contribution in [0.15, 0.2) is 30.3 Å². The molecule has 0 saturated carbocycles. The SMILES string of the molecule is CNC(=O)c1ccc(N2CCC3(CC2)OCCc2cccc(OC)c23)nn1. The first-order valence-electron chi connectivity index (χ1n) is 9.28. The molecule has 0 bridgehead atoms. The van der Waals surface area contributed by atoms with E-state index < -0.39 is 0 Å². The number of carbonyl (C=O) groups is 1. The minimum Gasteiger partial charge on any atom is -0.496 e. The Morgan fingerprint density at radius 2 is 2.04 bits per heavy atom. The molecule has 1 amide bonds. The molecule has 1 N–H and O–H groups in total. The summed E-state index contributed by atoms with van der Waals surface area (Å²) in [5.41, 5.74) is 2.55. The number of ether oxygens (including phenoxy) is 2. The number of aromatic nitrogens is 2. The Bertz CT molecular complexity index is 815. The van der Waals surface area contributed by atoms with Gasteiger partial charge >= 0.3 is 0 Å². The Labute approximate surface area is 158 Å². The van der Waals surface area contributed by atoms with E-state index in [1.54, 1.807) is 20.2 Å². The molecule has 4 rings (SSSR count). The molecule has 7 nitrogen and oxygen atoms in total. The van der Waals surface area contributed by atoms with E-state index in [1.807, 2.05) is 12.1 Å². The molecular weight excluding hydrogens is 344 g/mol. The molecular formula is C20H24N4O3. The van der Waals surface area contributed by atoms with Crippen molar-refractivity contribution in [3.05, 3.63) is 47.2 Å². The second kappa shape index (κ2) is 7.15. The van der Waals surface area contributed by atoms with Gasteiger partial charge in [-0.05, 0) is 43.0 Å². The molecule has 2 aromatic rings. The van der Waals surface area contributed by atoms with Crippen LogP contribution in [0.2, 0.25) is 0 Å². The van der Waals surface area contributed by atoms with E-state index in [2.05, 4.69) is 32.5 Å². The number of piperidine rings is 1. The molecule has 2 aliphatic heterocycles. The smallest absolute Gasteiger partial charge is 0.271 e. The number of methoxy groups -OCH3 is 1. The van der Waals surface area contributed by atoms with E-state index in [4.69, 9.17) is 9.47 Å². The number of carbonyl (C=O) groups excluding carboxylic acids is 1. The summed E-state index contributed by atoms with van der Waals surface area (Å²) in [6.45, 7) is 2.36. The summed E-state index contributed by atoms with van der Waals surface area (Å²) in [7, 11) is 3.30. The van der Waals surface area contributed by atoms with Crippen LogP contribution in [-0.4, -0.2) is 50.0 Å². The fourth-order valence-corrected chi connectivity index (χ4v) is 4.14. The van der Waals surface area contributed by atoms with Gasteiger partial charge in [-0.2, -0.15) is 0 Å². The van der Waals surface area contributed by atoms with Crippen molar-refractivity contribution in [2.45, 2.75) is 24.9 Å². The first-order chi connectivity index (χ1) is 13.2. The number of hydrogen-bond acceptors (Lipinski definition) is 6. The van der Waals surface area contributed by atoms with Crippen molar-refractivity contribution in [1.82, 2.24) is 15.5 Å². The molecule has 1 aromatic heterocycles. The molecule has 27 heavy (non-hydrogen) atoms. The highest BCUT2D eigenvalue weighted by Gasteiger charge is 2.43. The Balaban J connectivity index is 1.54. The monoisotopic (exact) mass is 368 g/mol. The van der Waals surface area contributed by atoms with Crippen molar-refractivity contribution in [3.63, 3.8) is 0 Å². The average Bonchev–Trinajstić information content (AvgIpc) is 2.73. The molecule has 1 spiro atoms. The van der Waals surface area contributed by atoms with Crippen molar-refractivity contribution in [3.8, 4) is 5.75 Å². The lowest BCUT2D eigenvalue weighted by Gasteiger charge is -2.45. The Hall–Kier alpha value is -2.67. The second-order valence-electron chi connectivity index (χ2n) is 6.93. The summed E-state index contributed by atoms with van der Waals surface area (Å²) < 4.78 is 12.0. The van der Waals surface area contributed by atoms with Crippen LogP contribution in [0.3, 0.4) is 0 Å². The van der Waals surface area contributed by atoms with Crippen LogP contribution in [0.25, 0.3) is 0 Å². The maximum absolute atomic E-state index is 11.6. The van der Waals surface area contributed by atoms with E-state index in [1.165, 1.54) is 11.1 Å². The third-order valence-corrected chi connectivity index (χ3v) is 5.54. The standard InChI is InChI=1S/C20H24N4O3/c1-21-19(25)15-6-7-17(23-22-15)24-11-9-20(10-12-24)18-14(8-13-27-20)4-3-5-16(18)26-2/h3-7H,8-13H2,1-2H3,(H,21,25). The summed E-state index contributed by atoms with van der Waals surface area (Å²) >= 11 is 0. The van der Waals surface area contributed by atoms with E-state index in [0.29, 0.717) is 5.69 Å². The summed E-state index contributed by atoms with van der Waals surface area (Å²) in [4.78, 5) is 13.8. The van der Waals surface area contributed by atoms with Crippen molar-refractivity contribution in [2.24, 2.45) is 0 Å². The number of amides is 1. The number of rotatable bonds is 3. The van der Waals surface area contributed by atoms with Crippen LogP contribution in [0, 0.1) is 0 Å². The zero-order chi connectivity index (χ0) is 18.9. The van der Waals surface area contributed by atoms with Crippen LogP contribution in [0.4, 0.5) is 5.82 Å². The lowest BCUT2D eigenvalue weighted by Crippen LogP contribution is -2.47. The first-order valence-corrected chi connectivity index (χ1v) is 9.28. The molecule has 2 aliphatic rings. The Kier molecular flexibility index (Phi) is 4.70. The van der Waals surface area contributed by atoms with Gasteiger partial charge in [-0.15, -0.1) is 10.2 Å². The van der Waals surface area contributed by atoms with Crippen molar-refractivity contribution in [2.75, 3.05) is 38.8 Å². The maximum atomic E-state index is 11.6. The van der Waals surface area contributed by atoms with E-state index in [9.17, 15) is 4.79 Å². The van der Waals surface area contributed by atoms with Crippen LogP contribution >= 0.6 is 0 Å². The summed E-state index contributed by atoms with van der Waals surface area (Å²) in [6, 6.07) is 9.81. The van der Waals surface area contributed by atoms with Gasteiger partial charge in [0.1, 0.15) is 11.4 Å². The van der Waals surface area contributed by atoms with Gasteiger partial charge in [-0.3, -0.25) is 4.79 Å². The number of benzene rings is 1. The maximum Gasteiger partial charge on any atom is 0.271 e. The third kappa shape index (κ3) is 3.12. The average molecular weight is 368 g/mol. The first kappa shape index (κ1) is 17.7. The third-order valence-electron chi connectivity index (χ3n) is 5.54. The van der Waals surface area contributed by atoms with Gasteiger partial charge in [-0.1, -0.05) is 12.1 Å². The summed E-state index contributed by atoms with van der Waals surface area (Å²) in [6.07, 6.45) is 2.64. The zero-order valence-electron chi connectivity index (χ0n) is 15.7. The summed E-state index contributed by atoms with van der Waals surface area (Å²) in [5, 5.41) is 10.8. The van der Waals surface area contributed by atoms with Crippen molar-refractivity contribution >= 4 is 11.7 Å². The van der Waals surface area contributed by atoms with Gasteiger partial charge in [0.2, 0.25) is 0 Å². The molecule has 1 saturated heterocycles. The molecule has 142 valence electrons. The lowest BCUT2D eigenvalue weighted by atomic mass is 9.79. The largest absolute Gasteiger partial charge is 0.496 e. The molecule has 0 atom stereocenters. The highest BCUT2D eigenvalue weighted by atomic mass is 16.5. The molecule has 1 fully saturated rings. The Morgan fingerprint density at radius 1 is 1.22 bits per heavy atom. The highest BCUT2D eigenvalue weighted by Crippen LogP contribution is 2.46. The van der Waals surface area contributed by atoms with E-state index >= 15 is 0 Å². The van der Waals surface area contributed by atoms with Gasteiger partial charge in [0.05, 0.1) is 13.7 Å². The minimum atomic E-state index is -0.299. The molecule has 0 aliphatic carbocycles. The van der Waals surface area contributed by atoms with Gasteiger partial charge in [-0.25, -0.2) is 0 Å². The number of anilines is 1. The number of hydrogen-bond donors (Lipinski definition) is 1. The van der Waals surface area contributed by atoms with Gasteiger partial charge in [0.25, 0.3) is 5.91 Å². The molecule has 7 heteroatoms. The number of nitrogens with zero attached hydrogens (tertiary/aromatic N) is 3. The quantitative estimate of drug-likeness (QED) is 0.892. The predicted molar refractivity (Wildman–Crippen MR) is 101 cm³/mol. The van der Waals surface area contributed by atoms with Gasteiger partial charge in [0, 0.05) is 25.7 Å². The van der Waals surface area contributed by atoms with Crippen LogP contribution in [0.5, 0.6) is 5.75 Å². The van der Waals surface area contributed by atoms with Crippen LogP contribution < -0.4 is 15.0 Å². The predicted octanol–water partition coefficient (Wildman–Crippen LogP) is 1.91. The minimum absolute atomic E-state index is 0.231. The normalized spacial score (nSPS) is 18.1. The van der Waals surface area contributed by atoms with Gasteiger partial charge < -0.3 is 19.7 Å². The molecule has 1 aromatic carbocycles. The zero-order valence-corrected chi connectivity index (χ0v) is 15.7. The van der Waals surface area contributed by atoms with Crippen LogP contribution in [-0.2, 0) is 16.8 Å². The van der Waals surface area contributed by atoms with Gasteiger partial charge in [0.15, 0.2) is 11.5 Å². The number of fused-ring (bicyclic) bond motifs is 2. The fraction of sp³-hybridized carbons (Fsp3) is 0.450. The number of nitrogens with one attached hydrogen (secondary N) is 1. The Morgan fingerprint density at radius 3 is 2.70 bits per heavy atom. The molecule has 0 unspecified atom stereocenters. The second-order valence-corrected chi connectivity index (χ2v) is 6.93. The molecule has 0 radical (unpaired) electrons. The lowest BCUT2D eigenvalue weighted by molar-refractivity contribution is -0.0780. The van der Waals surface area contributed by atoms with E-state index in [0.717, 1.165) is 50.5 Å². The van der Waals surface area contributed by atoms with Crippen LogP contribution in [0.1, 0.15) is 34.5 Å². The van der Waals surface area contributed by atoms with Crippen molar-refractivity contribution < 1.29 is 14.3 Å².